The number of nitriles is 1. The fourth-order valence-corrected chi connectivity index (χ4v) is 2.17. The van der Waals surface area contributed by atoms with E-state index in [9.17, 15) is 9.59 Å². The molecule has 3 N–H and O–H groups in total. The highest BCUT2D eigenvalue weighted by molar-refractivity contribution is 9.10. The van der Waals surface area contributed by atoms with Crippen molar-refractivity contribution in [1.82, 2.24) is 0 Å². The lowest BCUT2D eigenvalue weighted by Crippen LogP contribution is -2.14. The third kappa shape index (κ3) is 4.44. The maximum atomic E-state index is 12.1. The molecule has 0 radical (unpaired) electrons. The molecular formula is C17H12BrN3O3. The van der Waals surface area contributed by atoms with Crippen molar-refractivity contribution >= 4 is 39.2 Å². The topological polar surface area (TPSA) is 102 Å². The number of halogens is 1. The Kier molecular flexibility index (Phi) is 5.71. The average molecular weight is 386 g/mol. The number of nitrogens with one attached hydrogen (secondary N) is 2. The van der Waals surface area contributed by atoms with Crippen LogP contribution in [-0.4, -0.2) is 17.0 Å². The summed E-state index contributed by atoms with van der Waals surface area (Å²) >= 11 is 3.35. The van der Waals surface area contributed by atoms with Crippen molar-refractivity contribution in [3.8, 4) is 6.07 Å². The Morgan fingerprint density at radius 3 is 2.38 bits per heavy atom. The molecule has 2 aromatic rings. The molecule has 120 valence electrons. The molecule has 7 heteroatoms. The van der Waals surface area contributed by atoms with Gasteiger partial charge in [-0.15, -0.1) is 0 Å². The number of amides is 1. The number of carbonyl (C=O) groups is 2. The van der Waals surface area contributed by atoms with Gasteiger partial charge in [-0.2, -0.15) is 5.26 Å². The highest BCUT2D eigenvalue weighted by atomic mass is 79.9. The van der Waals surface area contributed by atoms with Crippen LogP contribution in [0.3, 0.4) is 0 Å². The van der Waals surface area contributed by atoms with E-state index in [2.05, 4.69) is 26.6 Å². The third-order valence-corrected chi connectivity index (χ3v) is 3.69. The van der Waals surface area contributed by atoms with E-state index in [0.717, 1.165) is 4.47 Å². The molecule has 2 aromatic carbocycles. The first kappa shape index (κ1) is 17.2. The van der Waals surface area contributed by atoms with Gasteiger partial charge in [0, 0.05) is 16.4 Å². The molecule has 2 rings (SSSR count). The zero-order chi connectivity index (χ0) is 17.5. The summed E-state index contributed by atoms with van der Waals surface area (Å²) in [7, 11) is 0. The lowest BCUT2D eigenvalue weighted by molar-refractivity contribution is -0.112. The highest BCUT2D eigenvalue weighted by Gasteiger charge is 2.10. The number of para-hydroxylation sites is 1. The molecule has 0 aliphatic carbocycles. The molecule has 0 aliphatic rings. The number of anilines is 2. The second-order valence-corrected chi connectivity index (χ2v) is 5.48. The largest absolute Gasteiger partial charge is 0.478 e. The average Bonchev–Trinajstić information content (AvgIpc) is 2.57. The fourth-order valence-electron chi connectivity index (χ4n) is 1.77. The predicted octanol–water partition coefficient (Wildman–Crippen LogP) is 3.61. The number of carboxylic acid groups (broad SMARTS) is 1. The molecule has 24 heavy (non-hydrogen) atoms. The van der Waals surface area contributed by atoms with Crippen LogP contribution in [-0.2, 0) is 4.79 Å². The summed E-state index contributed by atoms with van der Waals surface area (Å²) in [6.07, 6.45) is 1.31. The van der Waals surface area contributed by atoms with Gasteiger partial charge in [-0.1, -0.05) is 12.1 Å². The van der Waals surface area contributed by atoms with E-state index in [-0.39, 0.29) is 11.1 Å². The van der Waals surface area contributed by atoms with E-state index in [4.69, 9.17) is 10.4 Å². The maximum absolute atomic E-state index is 12.1. The molecule has 0 atom stereocenters. The number of carbonyl (C=O) groups excluding carboxylic acids is 1. The zero-order valence-corrected chi connectivity index (χ0v) is 13.9. The lowest BCUT2D eigenvalue weighted by atomic mass is 10.2. The Morgan fingerprint density at radius 2 is 1.79 bits per heavy atom. The van der Waals surface area contributed by atoms with Gasteiger partial charge >= 0.3 is 5.97 Å². The van der Waals surface area contributed by atoms with Gasteiger partial charge in [0.2, 0.25) is 0 Å². The van der Waals surface area contributed by atoms with E-state index in [1.165, 1.54) is 30.5 Å². The van der Waals surface area contributed by atoms with Gasteiger partial charge in [-0.25, -0.2) is 4.79 Å². The van der Waals surface area contributed by atoms with E-state index in [1.54, 1.807) is 6.07 Å². The van der Waals surface area contributed by atoms with Crippen molar-refractivity contribution in [1.29, 1.82) is 5.26 Å². The van der Waals surface area contributed by atoms with Crippen LogP contribution in [0, 0.1) is 11.3 Å². The third-order valence-electron chi connectivity index (χ3n) is 3.00. The predicted molar refractivity (Wildman–Crippen MR) is 93.5 cm³/mol. The van der Waals surface area contributed by atoms with Gasteiger partial charge in [-0.3, -0.25) is 4.79 Å². The van der Waals surface area contributed by atoms with Crippen molar-refractivity contribution in [3.63, 3.8) is 0 Å². The molecule has 6 nitrogen and oxygen atoms in total. The Balaban J connectivity index is 2.08. The van der Waals surface area contributed by atoms with E-state index >= 15 is 0 Å². The molecule has 0 aliphatic heterocycles. The summed E-state index contributed by atoms with van der Waals surface area (Å²) in [5, 5.41) is 23.4. The highest BCUT2D eigenvalue weighted by Crippen LogP contribution is 2.21. The Bertz CT molecular complexity index is 839. The van der Waals surface area contributed by atoms with Gasteiger partial charge in [0.1, 0.15) is 11.6 Å². The summed E-state index contributed by atoms with van der Waals surface area (Å²) in [4.78, 5) is 22.9. The van der Waals surface area contributed by atoms with Crippen LogP contribution in [0.25, 0.3) is 0 Å². The van der Waals surface area contributed by atoms with Gasteiger partial charge in [0.25, 0.3) is 5.91 Å². The summed E-state index contributed by atoms with van der Waals surface area (Å²) in [6.45, 7) is 0. The quantitative estimate of drug-likeness (QED) is 0.538. The van der Waals surface area contributed by atoms with E-state index in [0.29, 0.717) is 11.4 Å². The standard InChI is InChI=1S/C17H12BrN3O3/c18-14-3-1-2-4-15(14)20-10-12(9-19)16(22)21-13-7-5-11(6-8-13)17(23)24/h1-8,10,20H,(H,21,22)(H,23,24)/b12-10-. The normalized spacial score (nSPS) is 10.6. The first-order chi connectivity index (χ1) is 11.5. The van der Waals surface area contributed by atoms with Crippen molar-refractivity contribution in [2.45, 2.75) is 0 Å². The molecule has 0 aromatic heterocycles. The van der Waals surface area contributed by atoms with Gasteiger partial charge in [0.05, 0.1) is 11.3 Å². The number of rotatable bonds is 5. The molecular weight excluding hydrogens is 374 g/mol. The fraction of sp³-hybridized carbons (Fsp3) is 0. The first-order valence-electron chi connectivity index (χ1n) is 6.77. The molecule has 0 unspecified atom stereocenters. The van der Waals surface area contributed by atoms with Crippen LogP contribution in [0.4, 0.5) is 11.4 Å². The van der Waals surface area contributed by atoms with Crippen molar-refractivity contribution < 1.29 is 14.7 Å². The molecule has 0 saturated heterocycles. The summed E-state index contributed by atoms with van der Waals surface area (Å²) < 4.78 is 0.795. The smallest absolute Gasteiger partial charge is 0.335 e. The molecule has 0 bridgehead atoms. The number of hydrogen-bond donors (Lipinski definition) is 3. The van der Waals surface area contributed by atoms with Gasteiger partial charge < -0.3 is 15.7 Å². The summed E-state index contributed by atoms with van der Waals surface area (Å²) in [5.74, 6) is -1.65. The Morgan fingerprint density at radius 1 is 1.12 bits per heavy atom. The number of benzene rings is 2. The van der Waals surface area contributed by atoms with Crippen LogP contribution in [0.15, 0.2) is 64.8 Å². The first-order valence-corrected chi connectivity index (χ1v) is 7.56. The maximum Gasteiger partial charge on any atom is 0.335 e. The van der Waals surface area contributed by atoms with Crippen LogP contribution in [0.2, 0.25) is 0 Å². The van der Waals surface area contributed by atoms with Crippen LogP contribution >= 0.6 is 15.9 Å². The second-order valence-electron chi connectivity index (χ2n) is 4.63. The number of hydrogen-bond acceptors (Lipinski definition) is 4. The number of aromatic carboxylic acids is 1. The minimum absolute atomic E-state index is 0.111. The number of carboxylic acids is 1. The van der Waals surface area contributed by atoms with E-state index in [1.807, 2.05) is 24.3 Å². The SMILES string of the molecule is N#C/C(=C/Nc1ccccc1Br)C(=O)Nc1ccc(C(=O)O)cc1. The summed E-state index contributed by atoms with van der Waals surface area (Å²) in [5.41, 5.74) is 1.10. The molecule has 0 heterocycles. The summed E-state index contributed by atoms with van der Waals surface area (Å²) in [6, 6.07) is 14.7. The zero-order valence-electron chi connectivity index (χ0n) is 12.3. The van der Waals surface area contributed by atoms with Gasteiger partial charge in [-0.05, 0) is 52.3 Å². The van der Waals surface area contributed by atoms with Crippen molar-refractivity contribution in [2.24, 2.45) is 0 Å². The van der Waals surface area contributed by atoms with Crippen LogP contribution in [0.1, 0.15) is 10.4 Å². The number of nitrogens with zero attached hydrogens (tertiary/aromatic N) is 1. The Labute approximate surface area is 146 Å². The van der Waals surface area contributed by atoms with Crippen LogP contribution < -0.4 is 10.6 Å². The molecule has 0 spiro atoms. The minimum atomic E-state index is -1.05. The second kappa shape index (κ2) is 7.94. The molecule has 0 fully saturated rings. The monoisotopic (exact) mass is 385 g/mol. The molecule has 1 amide bonds. The van der Waals surface area contributed by atoms with Crippen LogP contribution in [0.5, 0.6) is 0 Å². The minimum Gasteiger partial charge on any atom is -0.478 e. The van der Waals surface area contributed by atoms with Crippen molar-refractivity contribution in [2.75, 3.05) is 10.6 Å². The van der Waals surface area contributed by atoms with E-state index < -0.39 is 11.9 Å². The molecule has 0 saturated carbocycles. The van der Waals surface area contributed by atoms with Gasteiger partial charge in [0.15, 0.2) is 0 Å². The lowest BCUT2D eigenvalue weighted by Gasteiger charge is -2.06. The van der Waals surface area contributed by atoms with Crippen molar-refractivity contribution in [3.05, 3.63) is 70.3 Å². The Hall–Kier alpha value is -3.11.